The first kappa shape index (κ1) is 28.4. The Hall–Kier alpha value is -2.61. The standard InChI is InChI=1S/C28H33N3O4.CH2Cl2/c1-27-24-28(35-27,21-11-7-6-8-12-21)22-16-14-20(15-17-22)19-29-23(32)13-9-4-3-5-10-18-31(24)26(34)30(2)25(27)33;2-1-3/h6-8,11-12,14-17,24H,3-5,9-10,13,18-19H2,1-2H3,(H,29,32);1H2/t24-,27-,28-;/m0./s1. The molecule has 2 fully saturated rings. The maximum Gasteiger partial charge on any atom is 0.327 e. The molecule has 4 aliphatic heterocycles. The van der Waals surface area contributed by atoms with Gasteiger partial charge in [-0.1, -0.05) is 73.9 Å². The van der Waals surface area contributed by atoms with E-state index in [0.29, 0.717) is 19.5 Å². The molecule has 0 spiro atoms. The number of fused-ring (bicyclic) bond motifs is 11. The van der Waals surface area contributed by atoms with Crippen molar-refractivity contribution in [2.45, 2.75) is 69.2 Å². The first-order valence-electron chi connectivity index (χ1n) is 13.1. The lowest BCUT2D eigenvalue weighted by Gasteiger charge is -2.66. The molecule has 4 aliphatic rings. The van der Waals surface area contributed by atoms with Gasteiger partial charge in [0.25, 0.3) is 5.91 Å². The number of halogens is 2. The van der Waals surface area contributed by atoms with Gasteiger partial charge < -0.3 is 15.0 Å². The Balaban J connectivity index is 0.00000107. The monoisotopic (exact) mass is 559 g/mol. The topological polar surface area (TPSA) is 79.0 Å². The van der Waals surface area contributed by atoms with E-state index in [1.807, 2.05) is 66.4 Å². The lowest BCUT2D eigenvalue weighted by Crippen LogP contribution is -2.84. The molecule has 2 saturated heterocycles. The zero-order valence-electron chi connectivity index (χ0n) is 21.9. The number of hydrogen-bond acceptors (Lipinski definition) is 4. The van der Waals surface area contributed by atoms with E-state index in [9.17, 15) is 14.4 Å². The Kier molecular flexibility index (Phi) is 9.01. The molecule has 0 aromatic heterocycles. The van der Waals surface area contributed by atoms with Crippen LogP contribution in [0.2, 0.25) is 0 Å². The zero-order valence-corrected chi connectivity index (χ0v) is 23.4. The van der Waals surface area contributed by atoms with E-state index in [-0.39, 0.29) is 23.2 Å². The molecule has 204 valence electrons. The average Bonchev–Trinajstić information content (AvgIpc) is 2.92. The number of alkyl halides is 2. The fraction of sp³-hybridized carbons (Fsp3) is 0.483. The van der Waals surface area contributed by atoms with E-state index in [0.717, 1.165) is 48.8 Å². The van der Waals surface area contributed by atoms with Gasteiger partial charge in [0.1, 0.15) is 11.6 Å². The van der Waals surface area contributed by atoms with Crippen molar-refractivity contribution in [3.63, 3.8) is 0 Å². The van der Waals surface area contributed by atoms with Crippen LogP contribution in [0.4, 0.5) is 4.79 Å². The van der Waals surface area contributed by atoms with Crippen molar-refractivity contribution in [3.05, 3.63) is 71.3 Å². The minimum atomic E-state index is -1.13. The number of carbonyl (C=O) groups is 3. The molecule has 0 radical (unpaired) electrons. The summed E-state index contributed by atoms with van der Waals surface area (Å²) in [5, 5.41) is 3.20. The van der Waals surface area contributed by atoms with Crippen molar-refractivity contribution in [1.29, 1.82) is 0 Å². The van der Waals surface area contributed by atoms with Crippen LogP contribution in [0, 0.1) is 0 Å². The second-order valence-corrected chi connectivity index (χ2v) is 11.0. The zero-order chi connectivity index (χ0) is 27.3. The lowest BCUT2D eigenvalue weighted by molar-refractivity contribution is -0.298. The summed E-state index contributed by atoms with van der Waals surface area (Å²) in [4.78, 5) is 42.1. The highest BCUT2D eigenvalue weighted by atomic mass is 35.5. The van der Waals surface area contributed by atoms with Gasteiger partial charge in [0.05, 0.1) is 5.34 Å². The van der Waals surface area contributed by atoms with Gasteiger partial charge in [-0.2, -0.15) is 0 Å². The summed E-state index contributed by atoms with van der Waals surface area (Å²) in [5.41, 5.74) is 0.702. The third-order valence-corrected chi connectivity index (χ3v) is 7.73. The maximum atomic E-state index is 13.5. The molecule has 0 unspecified atom stereocenters. The van der Waals surface area contributed by atoms with Crippen LogP contribution < -0.4 is 5.32 Å². The number of nitrogens with one attached hydrogen (secondary N) is 1. The van der Waals surface area contributed by atoms with Crippen LogP contribution in [0.5, 0.6) is 0 Å². The predicted octanol–water partition coefficient (Wildman–Crippen LogP) is 5.37. The molecule has 9 heteroatoms. The molecule has 38 heavy (non-hydrogen) atoms. The largest absolute Gasteiger partial charge is 0.352 e. The Morgan fingerprint density at radius 3 is 2.21 bits per heavy atom. The molecule has 2 bridgehead atoms. The van der Waals surface area contributed by atoms with Gasteiger partial charge in [-0.15, -0.1) is 23.2 Å². The van der Waals surface area contributed by atoms with E-state index >= 15 is 0 Å². The van der Waals surface area contributed by atoms with Gasteiger partial charge in [-0.25, -0.2) is 4.79 Å². The number of ether oxygens (including phenoxy) is 1. The minimum absolute atomic E-state index is 0.0709. The van der Waals surface area contributed by atoms with Crippen LogP contribution in [0.15, 0.2) is 54.6 Å². The number of rotatable bonds is 1. The fourth-order valence-corrected chi connectivity index (χ4v) is 5.94. The summed E-state index contributed by atoms with van der Waals surface area (Å²) in [5.74, 6) is -0.234. The normalized spacial score (nSPS) is 27.9. The van der Waals surface area contributed by atoms with Gasteiger partial charge in [-0.3, -0.25) is 14.5 Å². The average molecular weight is 561 g/mol. The molecule has 0 aliphatic carbocycles. The molecule has 0 saturated carbocycles. The van der Waals surface area contributed by atoms with Gasteiger partial charge in [0.2, 0.25) is 5.91 Å². The van der Waals surface area contributed by atoms with Gasteiger partial charge in [0.15, 0.2) is 5.60 Å². The quantitative estimate of drug-likeness (QED) is 0.476. The van der Waals surface area contributed by atoms with E-state index in [2.05, 4.69) is 5.32 Å². The molecule has 4 heterocycles. The van der Waals surface area contributed by atoms with Crippen molar-refractivity contribution in [2.24, 2.45) is 0 Å². The molecule has 4 amide bonds. The highest BCUT2D eigenvalue weighted by Gasteiger charge is 2.73. The Morgan fingerprint density at radius 1 is 0.921 bits per heavy atom. The van der Waals surface area contributed by atoms with Crippen LogP contribution in [0.25, 0.3) is 0 Å². The highest BCUT2D eigenvalue weighted by Crippen LogP contribution is 2.57. The number of carbonyl (C=O) groups excluding carboxylic acids is 3. The summed E-state index contributed by atoms with van der Waals surface area (Å²) < 4.78 is 6.67. The number of nitrogens with zero attached hydrogens (tertiary/aromatic N) is 2. The van der Waals surface area contributed by atoms with E-state index in [4.69, 9.17) is 27.9 Å². The summed E-state index contributed by atoms with van der Waals surface area (Å²) in [7, 11) is 1.54. The van der Waals surface area contributed by atoms with Gasteiger partial charge >= 0.3 is 6.03 Å². The number of amides is 4. The summed E-state index contributed by atoms with van der Waals surface area (Å²) in [6, 6.07) is 17.1. The van der Waals surface area contributed by atoms with E-state index < -0.39 is 17.2 Å². The first-order valence-corrected chi connectivity index (χ1v) is 14.2. The third kappa shape index (κ3) is 5.16. The Morgan fingerprint density at radius 2 is 1.53 bits per heavy atom. The van der Waals surface area contributed by atoms with Gasteiger partial charge in [-0.05, 0) is 36.5 Å². The maximum absolute atomic E-state index is 13.5. The molecule has 6 rings (SSSR count). The molecule has 3 atom stereocenters. The third-order valence-electron chi connectivity index (χ3n) is 7.73. The number of benzene rings is 2. The first-order chi connectivity index (χ1) is 18.3. The van der Waals surface area contributed by atoms with Crippen LogP contribution in [0.1, 0.15) is 62.1 Å². The highest BCUT2D eigenvalue weighted by molar-refractivity contribution is 6.40. The Bertz CT molecular complexity index is 1150. The molecule has 7 nitrogen and oxygen atoms in total. The molecule has 1 N–H and O–H groups in total. The summed E-state index contributed by atoms with van der Waals surface area (Å²) in [6.07, 6.45) is 5.16. The van der Waals surface area contributed by atoms with Crippen molar-refractivity contribution < 1.29 is 19.1 Å². The van der Waals surface area contributed by atoms with Crippen molar-refractivity contribution in [1.82, 2.24) is 15.1 Å². The van der Waals surface area contributed by atoms with Crippen molar-refractivity contribution in [2.75, 3.05) is 18.9 Å². The van der Waals surface area contributed by atoms with E-state index in [1.54, 1.807) is 7.05 Å². The summed E-state index contributed by atoms with van der Waals surface area (Å²) >= 11 is 9.53. The number of urea groups is 1. The van der Waals surface area contributed by atoms with Crippen molar-refractivity contribution in [3.8, 4) is 0 Å². The Labute approximate surface area is 234 Å². The number of hydrogen-bond donors (Lipinski definition) is 1. The second-order valence-electron chi connectivity index (χ2n) is 10.1. The van der Waals surface area contributed by atoms with Gasteiger partial charge in [0, 0.05) is 26.6 Å². The van der Waals surface area contributed by atoms with Crippen LogP contribution in [-0.4, -0.2) is 58.2 Å². The predicted molar refractivity (Wildman–Crippen MR) is 148 cm³/mol. The molecular weight excluding hydrogens is 525 g/mol. The second kappa shape index (κ2) is 12.1. The SMILES string of the molecule is CN1C(=O)N2CCCCCCCC(=O)NCc3ccc(cc3)[C@]3(c4ccccc4)O[C@](C)(C1=O)[C@H]23.ClCCl. The van der Waals surface area contributed by atoms with Crippen molar-refractivity contribution >= 4 is 41.0 Å². The smallest absolute Gasteiger partial charge is 0.327 e. The molecule has 2 aromatic rings. The lowest BCUT2D eigenvalue weighted by atomic mass is 9.65. The van der Waals surface area contributed by atoms with E-state index in [1.165, 1.54) is 4.90 Å². The fourth-order valence-electron chi connectivity index (χ4n) is 5.94. The number of likely N-dealkylation sites (N-methyl/N-ethyl adjacent to an activating group) is 1. The van der Waals surface area contributed by atoms with Crippen LogP contribution in [-0.2, 0) is 26.5 Å². The summed E-state index contributed by atoms with van der Waals surface area (Å²) in [6.45, 7) is 2.82. The van der Waals surface area contributed by atoms with Crippen LogP contribution >= 0.6 is 23.2 Å². The molecular formula is C29H35Cl2N3O4. The van der Waals surface area contributed by atoms with Crippen LogP contribution in [0.3, 0.4) is 0 Å². The molecule has 2 aromatic carbocycles. The number of imide groups is 1. The minimum Gasteiger partial charge on any atom is -0.352 e.